The molecule has 1 unspecified atom stereocenters. The van der Waals surface area contributed by atoms with Gasteiger partial charge in [0.2, 0.25) is 0 Å². The van der Waals surface area contributed by atoms with Crippen molar-refractivity contribution >= 4 is 15.9 Å². The fourth-order valence-electron chi connectivity index (χ4n) is 1.36. The minimum atomic E-state index is -4.30. The lowest BCUT2D eigenvalue weighted by atomic mass is 9.93. The van der Waals surface area contributed by atoms with Gasteiger partial charge in [-0.1, -0.05) is 28.1 Å². The first-order chi connectivity index (χ1) is 7.77. The Kier molecular flexibility index (Phi) is 4.57. The molecule has 0 saturated carbocycles. The number of rotatable bonds is 4. The van der Waals surface area contributed by atoms with Crippen LogP contribution in [-0.2, 0) is 5.54 Å². The summed E-state index contributed by atoms with van der Waals surface area (Å²) >= 11 is 3.24. The van der Waals surface area contributed by atoms with Crippen LogP contribution in [0.3, 0.4) is 0 Å². The summed E-state index contributed by atoms with van der Waals surface area (Å²) in [6.45, 7) is -0.0210. The van der Waals surface area contributed by atoms with Crippen molar-refractivity contribution < 1.29 is 18.3 Å². The predicted molar refractivity (Wildman–Crippen MR) is 62.6 cm³/mol. The molecule has 1 aromatic carbocycles. The van der Waals surface area contributed by atoms with Gasteiger partial charge >= 0.3 is 6.18 Å². The van der Waals surface area contributed by atoms with Gasteiger partial charge in [-0.25, -0.2) is 0 Å². The molecule has 0 aliphatic carbocycles. The summed E-state index contributed by atoms with van der Waals surface area (Å²) in [5, 5.41) is 11.6. The second kappa shape index (κ2) is 5.37. The van der Waals surface area contributed by atoms with Crippen LogP contribution in [0.15, 0.2) is 28.7 Å². The molecule has 1 atom stereocenters. The highest BCUT2D eigenvalue weighted by atomic mass is 79.9. The molecule has 0 bridgehead atoms. The average molecular weight is 312 g/mol. The molecule has 96 valence electrons. The molecule has 0 aliphatic heterocycles. The van der Waals surface area contributed by atoms with E-state index < -0.39 is 24.9 Å². The third kappa shape index (κ3) is 4.29. The van der Waals surface area contributed by atoms with E-state index in [-0.39, 0.29) is 0 Å². The second-order valence-corrected chi connectivity index (χ2v) is 4.88. The molecule has 0 amide bonds. The van der Waals surface area contributed by atoms with Crippen molar-refractivity contribution in [2.24, 2.45) is 0 Å². The summed E-state index contributed by atoms with van der Waals surface area (Å²) in [5.41, 5.74) is -0.497. The third-order valence-electron chi connectivity index (χ3n) is 2.48. The van der Waals surface area contributed by atoms with Crippen LogP contribution in [0.5, 0.6) is 0 Å². The molecule has 0 saturated heterocycles. The Morgan fingerprint density at radius 1 is 1.24 bits per heavy atom. The van der Waals surface area contributed by atoms with Crippen LogP contribution < -0.4 is 5.32 Å². The van der Waals surface area contributed by atoms with E-state index >= 15 is 0 Å². The molecule has 6 heteroatoms. The highest BCUT2D eigenvalue weighted by Gasteiger charge is 2.33. The molecule has 1 rings (SSSR count). The number of aliphatic hydroxyl groups excluding tert-OH is 1. The van der Waals surface area contributed by atoms with Crippen LogP contribution in [0.1, 0.15) is 12.5 Å². The molecule has 2 nitrogen and oxygen atoms in total. The van der Waals surface area contributed by atoms with Gasteiger partial charge < -0.3 is 5.11 Å². The standard InChI is InChI=1S/C11H13BrF3NO/c1-10(7-17,16-6-11(13,14)15)8-2-4-9(12)5-3-8/h2-5,16-17H,6-7H2,1H3. The molecule has 0 spiro atoms. The maximum atomic E-state index is 12.2. The van der Waals surface area contributed by atoms with Crippen LogP contribution in [-0.4, -0.2) is 24.4 Å². The van der Waals surface area contributed by atoms with E-state index in [2.05, 4.69) is 21.2 Å². The smallest absolute Gasteiger partial charge is 0.394 e. The first-order valence-corrected chi connectivity index (χ1v) is 5.75. The van der Waals surface area contributed by atoms with Gasteiger partial charge in [0.25, 0.3) is 0 Å². The van der Waals surface area contributed by atoms with Crippen LogP contribution >= 0.6 is 15.9 Å². The first kappa shape index (κ1) is 14.5. The molecule has 0 aliphatic rings. The van der Waals surface area contributed by atoms with Crippen LogP contribution in [0, 0.1) is 0 Å². The van der Waals surface area contributed by atoms with Gasteiger partial charge in [0.05, 0.1) is 18.7 Å². The fourth-order valence-corrected chi connectivity index (χ4v) is 1.63. The summed E-state index contributed by atoms with van der Waals surface area (Å²) in [4.78, 5) is 0. The average Bonchev–Trinajstić information content (AvgIpc) is 2.26. The lowest BCUT2D eigenvalue weighted by molar-refractivity contribution is -0.129. The lowest BCUT2D eigenvalue weighted by Gasteiger charge is -2.30. The maximum Gasteiger partial charge on any atom is 0.401 e. The van der Waals surface area contributed by atoms with Crippen molar-refractivity contribution in [1.82, 2.24) is 5.32 Å². The Balaban J connectivity index is 2.84. The summed E-state index contributed by atoms with van der Waals surface area (Å²) < 4.78 is 37.3. The zero-order valence-corrected chi connectivity index (χ0v) is 10.8. The van der Waals surface area contributed by atoms with Gasteiger partial charge in [0, 0.05) is 4.47 Å². The third-order valence-corrected chi connectivity index (χ3v) is 3.01. The molecule has 2 N–H and O–H groups in total. The minimum absolute atomic E-state index is 0.412. The summed E-state index contributed by atoms with van der Waals surface area (Å²) in [6.07, 6.45) is -4.30. The second-order valence-electron chi connectivity index (χ2n) is 3.97. The van der Waals surface area contributed by atoms with Gasteiger partial charge in [-0.3, -0.25) is 5.32 Å². The van der Waals surface area contributed by atoms with E-state index in [1.54, 1.807) is 24.3 Å². The van der Waals surface area contributed by atoms with E-state index in [4.69, 9.17) is 0 Å². The SMILES string of the molecule is CC(CO)(NCC(F)(F)F)c1ccc(Br)cc1. The summed E-state index contributed by atoms with van der Waals surface area (Å²) in [7, 11) is 0. The quantitative estimate of drug-likeness (QED) is 0.896. The van der Waals surface area contributed by atoms with Gasteiger partial charge in [-0.05, 0) is 24.6 Å². The summed E-state index contributed by atoms with van der Waals surface area (Å²) in [5.74, 6) is 0. The van der Waals surface area contributed by atoms with Gasteiger partial charge in [-0.2, -0.15) is 13.2 Å². The number of hydrogen-bond donors (Lipinski definition) is 2. The van der Waals surface area contributed by atoms with E-state index in [0.717, 1.165) is 4.47 Å². The number of nitrogens with one attached hydrogen (secondary N) is 1. The number of benzene rings is 1. The molecule has 0 aromatic heterocycles. The normalized spacial score (nSPS) is 15.6. The van der Waals surface area contributed by atoms with Gasteiger partial charge in [0.1, 0.15) is 0 Å². The largest absolute Gasteiger partial charge is 0.401 e. The number of hydrogen-bond acceptors (Lipinski definition) is 2. The maximum absolute atomic E-state index is 12.2. The lowest BCUT2D eigenvalue weighted by Crippen LogP contribution is -2.47. The fraction of sp³-hybridized carbons (Fsp3) is 0.455. The zero-order chi connectivity index (χ0) is 13.1. The Morgan fingerprint density at radius 2 is 1.76 bits per heavy atom. The van der Waals surface area contributed by atoms with Crippen molar-refractivity contribution in [3.63, 3.8) is 0 Å². The van der Waals surface area contributed by atoms with Gasteiger partial charge in [0.15, 0.2) is 0 Å². The molecule has 0 heterocycles. The molecular formula is C11H13BrF3NO. The van der Waals surface area contributed by atoms with E-state index in [0.29, 0.717) is 5.56 Å². The molecule has 1 aromatic rings. The molecule has 17 heavy (non-hydrogen) atoms. The topological polar surface area (TPSA) is 32.3 Å². The van der Waals surface area contributed by atoms with Crippen molar-refractivity contribution in [2.45, 2.75) is 18.6 Å². The van der Waals surface area contributed by atoms with Gasteiger partial charge in [-0.15, -0.1) is 0 Å². The monoisotopic (exact) mass is 311 g/mol. The van der Waals surface area contributed by atoms with E-state index in [9.17, 15) is 18.3 Å². The number of halogens is 4. The van der Waals surface area contributed by atoms with Crippen molar-refractivity contribution in [3.05, 3.63) is 34.3 Å². The Morgan fingerprint density at radius 3 is 2.18 bits per heavy atom. The van der Waals surface area contributed by atoms with E-state index in [1.165, 1.54) is 6.92 Å². The highest BCUT2D eigenvalue weighted by Crippen LogP contribution is 2.24. The molecule has 0 fully saturated rings. The van der Waals surface area contributed by atoms with Crippen LogP contribution in [0.4, 0.5) is 13.2 Å². The van der Waals surface area contributed by atoms with Crippen molar-refractivity contribution in [1.29, 1.82) is 0 Å². The molecule has 0 radical (unpaired) electrons. The predicted octanol–water partition coefficient (Wildman–Crippen LogP) is 2.81. The zero-order valence-electron chi connectivity index (χ0n) is 9.18. The first-order valence-electron chi connectivity index (χ1n) is 4.95. The Labute approximate surface area is 106 Å². The Bertz CT molecular complexity index is 366. The van der Waals surface area contributed by atoms with Crippen LogP contribution in [0.2, 0.25) is 0 Å². The summed E-state index contributed by atoms with van der Waals surface area (Å²) in [6, 6.07) is 6.78. The number of alkyl halides is 3. The van der Waals surface area contributed by atoms with Crippen LogP contribution in [0.25, 0.3) is 0 Å². The van der Waals surface area contributed by atoms with Crippen molar-refractivity contribution in [2.75, 3.05) is 13.2 Å². The minimum Gasteiger partial charge on any atom is -0.394 e. The molecular weight excluding hydrogens is 299 g/mol. The van der Waals surface area contributed by atoms with E-state index in [1.807, 2.05) is 0 Å². The number of aliphatic hydroxyl groups is 1. The Hall–Kier alpha value is -0.590. The van der Waals surface area contributed by atoms with Crippen molar-refractivity contribution in [3.8, 4) is 0 Å². The highest BCUT2D eigenvalue weighted by molar-refractivity contribution is 9.10.